The summed E-state index contributed by atoms with van der Waals surface area (Å²) in [5, 5.41) is 3.38. The van der Waals surface area contributed by atoms with Gasteiger partial charge in [0.25, 0.3) is 0 Å². The highest BCUT2D eigenvalue weighted by molar-refractivity contribution is 7.85. The number of nitrogens with one attached hydrogen (secondary N) is 1. The second-order valence-corrected chi connectivity index (χ2v) is 6.32. The van der Waals surface area contributed by atoms with E-state index in [-0.39, 0.29) is 12.0 Å². The number of esters is 1. The lowest BCUT2D eigenvalue weighted by atomic mass is 10.1. The summed E-state index contributed by atoms with van der Waals surface area (Å²) in [5.74, 6) is 1.83. The number of carbonyl (C=O) groups excluding carboxylic acids is 1. The molecule has 1 saturated heterocycles. The molecule has 0 spiro atoms. The number of ether oxygens (including phenoxy) is 1. The van der Waals surface area contributed by atoms with Crippen LogP contribution in [0.4, 0.5) is 0 Å². The van der Waals surface area contributed by atoms with Gasteiger partial charge in [0.2, 0.25) is 0 Å². The van der Waals surface area contributed by atoms with Crippen LogP contribution in [0.15, 0.2) is 0 Å². The summed E-state index contributed by atoms with van der Waals surface area (Å²) < 4.78 is 16.0. The van der Waals surface area contributed by atoms with E-state index in [1.807, 2.05) is 0 Å². The molecule has 1 aliphatic carbocycles. The van der Waals surface area contributed by atoms with Crippen molar-refractivity contribution in [3.63, 3.8) is 0 Å². The summed E-state index contributed by atoms with van der Waals surface area (Å²) in [7, 11) is 0.800. The van der Waals surface area contributed by atoms with Crippen molar-refractivity contribution in [2.45, 2.75) is 37.8 Å². The Morgan fingerprint density at radius 3 is 2.44 bits per heavy atom. The average Bonchev–Trinajstić information content (AvgIpc) is 3.11. The number of hydrogen-bond donors (Lipinski definition) is 1. The van der Waals surface area contributed by atoms with E-state index in [1.165, 1.54) is 7.11 Å². The van der Waals surface area contributed by atoms with Gasteiger partial charge in [0.05, 0.1) is 7.11 Å². The Morgan fingerprint density at radius 2 is 1.94 bits per heavy atom. The fraction of sp³-hybridized carbons (Fsp3) is 0.909. The SMILES string of the molecule is COC(=O)C(NC1CCS(=O)CC1)C1CC1. The molecule has 0 bridgehead atoms. The number of methoxy groups -OCH3 is 1. The quantitative estimate of drug-likeness (QED) is 0.730. The molecule has 1 aliphatic heterocycles. The van der Waals surface area contributed by atoms with Crippen LogP contribution in [-0.2, 0) is 20.3 Å². The van der Waals surface area contributed by atoms with Crippen molar-refractivity contribution in [1.29, 1.82) is 0 Å². The molecule has 2 rings (SSSR count). The monoisotopic (exact) mass is 245 g/mol. The van der Waals surface area contributed by atoms with E-state index < -0.39 is 10.8 Å². The van der Waals surface area contributed by atoms with E-state index in [9.17, 15) is 9.00 Å². The lowest BCUT2D eigenvalue weighted by molar-refractivity contribution is -0.144. The van der Waals surface area contributed by atoms with Crippen LogP contribution >= 0.6 is 0 Å². The summed E-state index contributed by atoms with van der Waals surface area (Å²) in [6, 6.07) is 0.198. The fourth-order valence-electron chi connectivity index (χ4n) is 2.17. The summed E-state index contributed by atoms with van der Waals surface area (Å²) in [6.45, 7) is 0. The Kier molecular flexibility index (Phi) is 3.97. The Morgan fingerprint density at radius 1 is 1.31 bits per heavy atom. The van der Waals surface area contributed by atoms with Crippen LogP contribution in [-0.4, -0.2) is 40.9 Å². The topological polar surface area (TPSA) is 55.4 Å². The summed E-state index contributed by atoms with van der Waals surface area (Å²) in [6.07, 6.45) is 4.05. The normalized spacial score (nSPS) is 32.1. The molecule has 16 heavy (non-hydrogen) atoms. The average molecular weight is 245 g/mol. The standard InChI is InChI=1S/C11H19NO3S/c1-15-11(13)10(8-2-3-8)12-9-4-6-16(14)7-5-9/h8-10,12H,2-7H2,1H3. The predicted octanol–water partition coefficient (Wildman–Crippen LogP) is 0.439. The Bertz CT molecular complexity index is 281. The minimum atomic E-state index is -0.639. The molecule has 0 amide bonds. The van der Waals surface area contributed by atoms with Crippen LogP contribution in [0.1, 0.15) is 25.7 Å². The van der Waals surface area contributed by atoms with Gasteiger partial charge < -0.3 is 10.1 Å². The lowest BCUT2D eigenvalue weighted by Crippen LogP contribution is -2.47. The molecule has 1 N–H and O–H groups in total. The van der Waals surface area contributed by atoms with Crippen molar-refractivity contribution in [2.75, 3.05) is 18.6 Å². The maximum Gasteiger partial charge on any atom is 0.323 e. The minimum Gasteiger partial charge on any atom is -0.468 e. The molecule has 5 heteroatoms. The van der Waals surface area contributed by atoms with Crippen LogP contribution in [0, 0.1) is 5.92 Å². The first-order valence-corrected chi connectivity index (χ1v) is 7.38. The van der Waals surface area contributed by atoms with Crippen molar-refractivity contribution in [1.82, 2.24) is 5.32 Å². The molecular formula is C11H19NO3S. The largest absolute Gasteiger partial charge is 0.468 e. The summed E-state index contributed by atoms with van der Waals surface area (Å²) >= 11 is 0. The molecule has 1 saturated carbocycles. The molecule has 1 unspecified atom stereocenters. The number of hydrogen-bond acceptors (Lipinski definition) is 4. The second-order valence-electron chi connectivity index (χ2n) is 4.63. The first kappa shape index (κ1) is 12.0. The van der Waals surface area contributed by atoms with E-state index in [0.717, 1.165) is 37.2 Å². The molecule has 1 heterocycles. The van der Waals surface area contributed by atoms with Gasteiger partial charge in [-0.15, -0.1) is 0 Å². The third-order valence-corrected chi connectivity index (χ3v) is 4.73. The van der Waals surface area contributed by atoms with E-state index >= 15 is 0 Å². The summed E-state index contributed by atoms with van der Waals surface area (Å²) in [5.41, 5.74) is 0. The van der Waals surface area contributed by atoms with Crippen molar-refractivity contribution < 1.29 is 13.7 Å². The minimum absolute atomic E-state index is 0.137. The molecule has 0 radical (unpaired) electrons. The van der Waals surface area contributed by atoms with Gasteiger partial charge in [-0.2, -0.15) is 0 Å². The molecule has 2 fully saturated rings. The Labute approximate surface area is 98.6 Å². The lowest BCUT2D eigenvalue weighted by Gasteiger charge is -2.26. The molecule has 0 aromatic rings. The maximum absolute atomic E-state index is 11.6. The predicted molar refractivity (Wildman–Crippen MR) is 62.6 cm³/mol. The van der Waals surface area contributed by atoms with Crippen molar-refractivity contribution in [3.05, 3.63) is 0 Å². The van der Waals surface area contributed by atoms with Gasteiger partial charge in [-0.1, -0.05) is 0 Å². The first-order chi connectivity index (χ1) is 7.70. The van der Waals surface area contributed by atoms with E-state index in [4.69, 9.17) is 4.74 Å². The summed E-state index contributed by atoms with van der Waals surface area (Å²) in [4.78, 5) is 11.6. The van der Waals surface area contributed by atoms with Crippen LogP contribution in [0.5, 0.6) is 0 Å². The van der Waals surface area contributed by atoms with Gasteiger partial charge in [0, 0.05) is 28.3 Å². The van der Waals surface area contributed by atoms with Crippen molar-refractivity contribution >= 4 is 16.8 Å². The molecule has 92 valence electrons. The van der Waals surface area contributed by atoms with Crippen LogP contribution in [0.3, 0.4) is 0 Å². The molecular weight excluding hydrogens is 226 g/mol. The van der Waals surface area contributed by atoms with Gasteiger partial charge in [0.1, 0.15) is 6.04 Å². The van der Waals surface area contributed by atoms with Gasteiger partial charge in [-0.3, -0.25) is 9.00 Å². The fourth-order valence-corrected chi connectivity index (χ4v) is 3.47. The van der Waals surface area contributed by atoms with Gasteiger partial charge in [-0.25, -0.2) is 0 Å². The highest BCUT2D eigenvalue weighted by Gasteiger charge is 2.38. The van der Waals surface area contributed by atoms with Crippen LogP contribution < -0.4 is 5.32 Å². The van der Waals surface area contributed by atoms with E-state index in [0.29, 0.717) is 12.0 Å². The molecule has 0 aromatic heterocycles. The van der Waals surface area contributed by atoms with E-state index in [1.54, 1.807) is 0 Å². The third-order valence-electron chi connectivity index (χ3n) is 3.35. The van der Waals surface area contributed by atoms with Crippen molar-refractivity contribution in [2.24, 2.45) is 5.92 Å². The zero-order valence-corrected chi connectivity index (χ0v) is 10.4. The number of rotatable bonds is 4. The smallest absolute Gasteiger partial charge is 0.323 e. The first-order valence-electron chi connectivity index (χ1n) is 5.89. The second kappa shape index (κ2) is 5.27. The maximum atomic E-state index is 11.6. The highest BCUT2D eigenvalue weighted by atomic mass is 32.2. The van der Waals surface area contributed by atoms with Crippen molar-refractivity contribution in [3.8, 4) is 0 Å². The zero-order valence-electron chi connectivity index (χ0n) is 9.61. The highest BCUT2D eigenvalue weighted by Crippen LogP contribution is 2.33. The molecule has 1 atom stereocenters. The zero-order chi connectivity index (χ0) is 11.5. The molecule has 4 nitrogen and oxygen atoms in total. The molecule has 0 aromatic carbocycles. The van der Waals surface area contributed by atoms with Gasteiger partial charge in [0.15, 0.2) is 0 Å². The van der Waals surface area contributed by atoms with E-state index in [2.05, 4.69) is 5.32 Å². The van der Waals surface area contributed by atoms with Gasteiger partial charge >= 0.3 is 5.97 Å². The molecule has 2 aliphatic rings. The Hall–Kier alpha value is -0.420. The Balaban J connectivity index is 1.85. The van der Waals surface area contributed by atoms with Crippen LogP contribution in [0.2, 0.25) is 0 Å². The number of carbonyl (C=O) groups is 1. The third kappa shape index (κ3) is 3.04. The van der Waals surface area contributed by atoms with Gasteiger partial charge in [-0.05, 0) is 31.6 Å². The van der Waals surface area contributed by atoms with Crippen LogP contribution in [0.25, 0.3) is 0 Å².